The van der Waals surface area contributed by atoms with Crippen molar-refractivity contribution in [3.63, 3.8) is 0 Å². The normalized spacial score (nSPS) is 27.9. The number of benzene rings is 1. The Labute approximate surface area is 133 Å². The summed E-state index contributed by atoms with van der Waals surface area (Å²) < 4.78 is 5.72. The molecule has 1 amide bonds. The van der Waals surface area contributed by atoms with Crippen molar-refractivity contribution in [3.8, 4) is 0 Å². The largest absolute Gasteiger partial charge is 0.380 e. The molecule has 3 rings (SSSR count). The maximum atomic E-state index is 12.2. The SMILES string of the molecule is Cc1cccc(CN2C[C@H]3COC[C@@]3(CC(=O)N(C)C)C2)c1. The average molecular weight is 302 g/mol. The fraction of sp³-hybridized carbons (Fsp3) is 0.611. The number of aryl methyl sites for hydroxylation is 1. The molecule has 0 saturated carbocycles. The molecule has 1 aromatic rings. The molecular weight excluding hydrogens is 276 g/mol. The minimum absolute atomic E-state index is 0.0190. The molecule has 1 aromatic carbocycles. The summed E-state index contributed by atoms with van der Waals surface area (Å²) in [6, 6.07) is 8.70. The quantitative estimate of drug-likeness (QED) is 0.852. The van der Waals surface area contributed by atoms with Crippen LogP contribution in [-0.2, 0) is 16.1 Å². The number of likely N-dealkylation sites (tertiary alicyclic amines) is 1. The fourth-order valence-corrected chi connectivity index (χ4v) is 3.84. The van der Waals surface area contributed by atoms with Crippen molar-refractivity contribution in [1.82, 2.24) is 9.80 Å². The Hall–Kier alpha value is -1.39. The summed E-state index contributed by atoms with van der Waals surface area (Å²) in [6.45, 7) is 6.62. The van der Waals surface area contributed by atoms with E-state index in [1.165, 1.54) is 11.1 Å². The highest BCUT2D eigenvalue weighted by atomic mass is 16.5. The third-order valence-corrected chi connectivity index (χ3v) is 5.08. The van der Waals surface area contributed by atoms with Crippen molar-refractivity contribution in [2.45, 2.75) is 19.9 Å². The minimum Gasteiger partial charge on any atom is -0.380 e. The number of nitrogens with zero attached hydrogens (tertiary/aromatic N) is 2. The van der Waals surface area contributed by atoms with Gasteiger partial charge in [-0.15, -0.1) is 0 Å². The number of rotatable bonds is 4. The molecule has 4 nitrogen and oxygen atoms in total. The summed E-state index contributed by atoms with van der Waals surface area (Å²) in [5.41, 5.74) is 2.68. The van der Waals surface area contributed by atoms with Crippen LogP contribution in [0.1, 0.15) is 17.5 Å². The molecule has 2 atom stereocenters. The first-order valence-corrected chi connectivity index (χ1v) is 8.04. The summed E-state index contributed by atoms with van der Waals surface area (Å²) >= 11 is 0. The van der Waals surface area contributed by atoms with Crippen LogP contribution < -0.4 is 0 Å². The van der Waals surface area contributed by atoms with Crippen LogP contribution in [0.4, 0.5) is 0 Å². The first-order chi connectivity index (χ1) is 10.5. The van der Waals surface area contributed by atoms with Crippen molar-refractivity contribution in [3.05, 3.63) is 35.4 Å². The van der Waals surface area contributed by atoms with E-state index >= 15 is 0 Å². The Kier molecular flexibility index (Phi) is 4.24. The van der Waals surface area contributed by atoms with E-state index in [1.807, 2.05) is 14.1 Å². The number of carbonyl (C=O) groups excluding carboxylic acids is 1. The Balaban J connectivity index is 1.69. The van der Waals surface area contributed by atoms with E-state index in [9.17, 15) is 4.79 Å². The molecule has 2 saturated heterocycles. The summed E-state index contributed by atoms with van der Waals surface area (Å²) in [7, 11) is 3.67. The van der Waals surface area contributed by atoms with E-state index < -0.39 is 0 Å². The van der Waals surface area contributed by atoms with E-state index in [2.05, 4.69) is 36.1 Å². The molecule has 2 aliphatic heterocycles. The first-order valence-electron chi connectivity index (χ1n) is 8.04. The second-order valence-corrected chi connectivity index (χ2v) is 7.20. The van der Waals surface area contributed by atoms with Gasteiger partial charge in [0.1, 0.15) is 0 Å². The zero-order valence-electron chi connectivity index (χ0n) is 13.8. The fourth-order valence-electron chi connectivity index (χ4n) is 3.84. The van der Waals surface area contributed by atoms with Gasteiger partial charge in [0.15, 0.2) is 0 Å². The molecule has 0 spiro atoms. The lowest BCUT2D eigenvalue weighted by atomic mass is 9.78. The highest BCUT2D eigenvalue weighted by molar-refractivity contribution is 5.76. The van der Waals surface area contributed by atoms with Gasteiger partial charge in [-0.2, -0.15) is 0 Å². The van der Waals surface area contributed by atoms with Crippen molar-refractivity contribution in [2.24, 2.45) is 11.3 Å². The summed E-state index contributed by atoms with van der Waals surface area (Å²) in [6.07, 6.45) is 0.606. The summed E-state index contributed by atoms with van der Waals surface area (Å²) in [5.74, 6) is 0.703. The molecule has 0 aromatic heterocycles. The number of amides is 1. The minimum atomic E-state index is 0.0190. The van der Waals surface area contributed by atoms with Crippen LogP contribution in [0.3, 0.4) is 0 Å². The van der Waals surface area contributed by atoms with Crippen LogP contribution in [0.2, 0.25) is 0 Å². The Morgan fingerprint density at radius 1 is 1.45 bits per heavy atom. The lowest BCUT2D eigenvalue weighted by molar-refractivity contribution is -0.131. The highest BCUT2D eigenvalue weighted by Gasteiger charge is 2.51. The molecule has 120 valence electrons. The number of fused-ring (bicyclic) bond motifs is 1. The monoisotopic (exact) mass is 302 g/mol. The zero-order chi connectivity index (χ0) is 15.7. The second kappa shape index (κ2) is 6.01. The van der Waals surface area contributed by atoms with E-state index in [0.717, 1.165) is 32.8 Å². The zero-order valence-corrected chi connectivity index (χ0v) is 13.8. The van der Waals surface area contributed by atoms with E-state index in [1.54, 1.807) is 4.90 Å². The Bertz CT molecular complexity index is 558. The number of carbonyl (C=O) groups is 1. The predicted octanol–water partition coefficient (Wildman–Crippen LogP) is 1.92. The van der Waals surface area contributed by atoms with Crippen LogP contribution in [0, 0.1) is 18.3 Å². The van der Waals surface area contributed by atoms with Gasteiger partial charge >= 0.3 is 0 Å². The van der Waals surface area contributed by atoms with E-state index in [-0.39, 0.29) is 11.3 Å². The van der Waals surface area contributed by atoms with Crippen LogP contribution in [0.5, 0.6) is 0 Å². The molecule has 0 unspecified atom stereocenters. The van der Waals surface area contributed by atoms with E-state index in [0.29, 0.717) is 12.3 Å². The molecule has 0 radical (unpaired) electrons. The van der Waals surface area contributed by atoms with E-state index in [4.69, 9.17) is 4.74 Å². The maximum Gasteiger partial charge on any atom is 0.222 e. The van der Waals surface area contributed by atoms with Gasteiger partial charge in [0.05, 0.1) is 13.2 Å². The third kappa shape index (κ3) is 3.03. The molecule has 22 heavy (non-hydrogen) atoms. The molecular formula is C18H26N2O2. The molecule has 2 aliphatic rings. The van der Waals surface area contributed by atoms with Crippen molar-refractivity contribution in [2.75, 3.05) is 40.4 Å². The lowest BCUT2D eigenvalue weighted by Crippen LogP contribution is -2.37. The van der Waals surface area contributed by atoms with Crippen molar-refractivity contribution in [1.29, 1.82) is 0 Å². The first kappa shape index (κ1) is 15.5. The smallest absolute Gasteiger partial charge is 0.222 e. The molecule has 0 N–H and O–H groups in total. The molecule has 2 fully saturated rings. The molecule has 2 heterocycles. The van der Waals surface area contributed by atoms with Crippen LogP contribution >= 0.6 is 0 Å². The Morgan fingerprint density at radius 3 is 3.00 bits per heavy atom. The average Bonchev–Trinajstić information content (AvgIpc) is 2.94. The Morgan fingerprint density at radius 2 is 2.27 bits per heavy atom. The number of ether oxygens (including phenoxy) is 1. The standard InChI is InChI=1S/C18H26N2O2/c1-14-5-4-6-15(7-14)9-20-10-16-11-22-13-18(16,12-20)8-17(21)19(2)3/h4-7,16H,8-13H2,1-3H3/t16-,18+/m0/s1. The van der Waals surface area contributed by atoms with Gasteiger partial charge in [0.25, 0.3) is 0 Å². The van der Waals surface area contributed by atoms with Gasteiger partial charge in [-0.25, -0.2) is 0 Å². The van der Waals surface area contributed by atoms with Crippen LogP contribution in [0.25, 0.3) is 0 Å². The topological polar surface area (TPSA) is 32.8 Å². The molecule has 0 bridgehead atoms. The summed E-state index contributed by atoms with van der Waals surface area (Å²) in [5, 5.41) is 0. The van der Waals surface area contributed by atoms with Crippen molar-refractivity contribution < 1.29 is 9.53 Å². The van der Waals surface area contributed by atoms with Gasteiger partial charge in [0, 0.05) is 51.5 Å². The van der Waals surface area contributed by atoms with Gasteiger partial charge in [0.2, 0.25) is 5.91 Å². The van der Waals surface area contributed by atoms with Gasteiger partial charge < -0.3 is 9.64 Å². The third-order valence-electron chi connectivity index (χ3n) is 5.08. The van der Waals surface area contributed by atoms with Crippen LogP contribution in [0.15, 0.2) is 24.3 Å². The maximum absolute atomic E-state index is 12.2. The summed E-state index contributed by atoms with van der Waals surface area (Å²) in [4.78, 5) is 16.4. The number of hydrogen-bond acceptors (Lipinski definition) is 3. The van der Waals surface area contributed by atoms with Crippen LogP contribution in [-0.4, -0.2) is 56.1 Å². The van der Waals surface area contributed by atoms with Gasteiger partial charge in [-0.05, 0) is 12.5 Å². The second-order valence-electron chi connectivity index (χ2n) is 7.20. The number of hydrogen-bond donors (Lipinski definition) is 0. The molecule has 0 aliphatic carbocycles. The van der Waals surface area contributed by atoms with Gasteiger partial charge in [-0.1, -0.05) is 29.8 Å². The highest BCUT2D eigenvalue weighted by Crippen LogP contribution is 2.44. The lowest BCUT2D eigenvalue weighted by Gasteiger charge is -2.28. The van der Waals surface area contributed by atoms with Gasteiger partial charge in [-0.3, -0.25) is 9.69 Å². The van der Waals surface area contributed by atoms with Crippen molar-refractivity contribution >= 4 is 5.91 Å². The predicted molar refractivity (Wildman–Crippen MR) is 86.5 cm³/mol. The molecule has 4 heteroatoms.